The van der Waals surface area contributed by atoms with Gasteiger partial charge < -0.3 is 16.0 Å². The van der Waals surface area contributed by atoms with Crippen molar-refractivity contribution in [3.05, 3.63) is 48.0 Å². The summed E-state index contributed by atoms with van der Waals surface area (Å²) in [5.74, 6) is -2.55. The zero-order chi connectivity index (χ0) is 26.1. The molecule has 0 radical (unpaired) electrons. The summed E-state index contributed by atoms with van der Waals surface area (Å²) in [6.07, 6.45) is 4.86. The second-order valence-corrected chi connectivity index (χ2v) is 7.63. The Morgan fingerprint density at radius 1 is 1.00 bits per heavy atom. The average Bonchev–Trinajstić information content (AvgIpc) is 2.85. The van der Waals surface area contributed by atoms with Gasteiger partial charge >= 0.3 is 0 Å². The molecule has 0 bridgehead atoms. The van der Waals surface area contributed by atoms with E-state index in [0.29, 0.717) is 24.3 Å². The van der Waals surface area contributed by atoms with Crippen LogP contribution in [-0.4, -0.2) is 72.2 Å². The Hall–Kier alpha value is -3.86. The zero-order valence-corrected chi connectivity index (χ0v) is 19.9. The summed E-state index contributed by atoms with van der Waals surface area (Å²) < 4.78 is 0. The first-order valence-electron chi connectivity index (χ1n) is 11.3. The smallest absolute Gasteiger partial charge is 0.269 e. The van der Waals surface area contributed by atoms with E-state index in [9.17, 15) is 29.2 Å². The van der Waals surface area contributed by atoms with Crippen molar-refractivity contribution in [3.8, 4) is 0 Å². The topological polar surface area (TPSA) is 157 Å². The number of hydroxylamine groups is 2. The van der Waals surface area contributed by atoms with Crippen molar-refractivity contribution in [1.82, 2.24) is 21.0 Å². The van der Waals surface area contributed by atoms with Crippen molar-refractivity contribution in [2.75, 3.05) is 19.6 Å². The fraction of sp³-hybridized carbons (Fsp3) is 0.417. The van der Waals surface area contributed by atoms with Gasteiger partial charge in [0.25, 0.3) is 11.8 Å². The molecule has 11 heteroatoms. The normalized spacial score (nSPS) is 11.4. The Morgan fingerprint density at radius 2 is 1.66 bits per heavy atom. The van der Waals surface area contributed by atoms with Crippen LogP contribution in [0, 0.1) is 0 Å². The largest absolute Gasteiger partial charge is 0.347 e. The number of nitrogens with zero attached hydrogens (tertiary/aromatic N) is 2. The highest BCUT2D eigenvalue weighted by molar-refractivity contribution is 5.92. The van der Waals surface area contributed by atoms with Crippen LogP contribution in [0.25, 0.3) is 0 Å². The highest BCUT2D eigenvalue weighted by atomic mass is 16.5. The third-order valence-corrected chi connectivity index (χ3v) is 4.80. The quantitative estimate of drug-likeness (QED) is 0.0929. The van der Waals surface area contributed by atoms with Gasteiger partial charge in [-0.05, 0) is 32.0 Å². The van der Waals surface area contributed by atoms with E-state index in [0.717, 1.165) is 5.56 Å². The molecule has 0 saturated heterocycles. The fourth-order valence-electron chi connectivity index (χ4n) is 2.98. The molecule has 0 saturated carbocycles. The van der Waals surface area contributed by atoms with Gasteiger partial charge in [0.1, 0.15) is 6.04 Å². The molecule has 1 aromatic carbocycles. The monoisotopic (exact) mass is 487 g/mol. The molecule has 0 fully saturated rings. The first-order valence-corrected chi connectivity index (χ1v) is 11.3. The Labute approximate surface area is 204 Å². The van der Waals surface area contributed by atoms with Crippen LogP contribution in [0.2, 0.25) is 0 Å². The summed E-state index contributed by atoms with van der Waals surface area (Å²) in [6, 6.07) is 8.18. The highest BCUT2D eigenvalue weighted by Crippen LogP contribution is 2.05. The summed E-state index contributed by atoms with van der Waals surface area (Å²) in [5, 5.41) is 17.5. The Balaban J connectivity index is 2.25. The number of rotatable bonds is 15. The Bertz CT molecular complexity index is 903. The number of allylic oxidation sites excluding steroid dienone is 1. The lowest BCUT2D eigenvalue weighted by molar-refractivity contribution is -0.159. The molecule has 0 aliphatic rings. The van der Waals surface area contributed by atoms with Crippen molar-refractivity contribution >= 4 is 36.3 Å². The van der Waals surface area contributed by atoms with Gasteiger partial charge in [-0.25, -0.2) is 10.1 Å². The molecule has 0 spiro atoms. The minimum absolute atomic E-state index is 0.163. The van der Waals surface area contributed by atoms with Crippen LogP contribution in [-0.2, 0) is 30.4 Å². The van der Waals surface area contributed by atoms with E-state index in [1.54, 1.807) is 6.92 Å². The average molecular weight is 488 g/mol. The van der Waals surface area contributed by atoms with Crippen molar-refractivity contribution in [3.63, 3.8) is 0 Å². The van der Waals surface area contributed by atoms with E-state index in [1.165, 1.54) is 12.2 Å². The first-order chi connectivity index (χ1) is 16.8. The summed E-state index contributed by atoms with van der Waals surface area (Å²) in [6.45, 7) is 4.38. The second kappa shape index (κ2) is 16.7. The number of hydrogen-bond acceptors (Lipinski definition) is 6. The van der Waals surface area contributed by atoms with Gasteiger partial charge in [0.2, 0.25) is 17.7 Å². The Morgan fingerprint density at radius 3 is 2.31 bits per heavy atom. The van der Waals surface area contributed by atoms with E-state index >= 15 is 0 Å². The zero-order valence-electron chi connectivity index (χ0n) is 19.9. The van der Waals surface area contributed by atoms with Crippen LogP contribution < -0.4 is 16.0 Å². The number of hydrogen-bond donors (Lipinski definition) is 4. The summed E-state index contributed by atoms with van der Waals surface area (Å²) in [7, 11) is 0. The van der Waals surface area contributed by atoms with E-state index < -0.39 is 29.7 Å². The predicted octanol–water partition coefficient (Wildman–Crippen LogP) is 0.528. The number of nitrogens with one attached hydrogen (secondary N) is 3. The van der Waals surface area contributed by atoms with Gasteiger partial charge in [-0.15, -0.1) is 0 Å². The number of amides is 5. The lowest BCUT2D eigenvalue weighted by Crippen LogP contribution is -2.47. The van der Waals surface area contributed by atoms with Crippen molar-refractivity contribution in [1.29, 1.82) is 0 Å². The van der Waals surface area contributed by atoms with Gasteiger partial charge in [-0.2, -0.15) is 0 Å². The maximum absolute atomic E-state index is 12.2. The van der Waals surface area contributed by atoms with Crippen LogP contribution >= 0.6 is 0 Å². The van der Waals surface area contributed by atoms with Crippen LogP contribution in [0.15, 0.2) is 47.5 Å². The number of carbonyl (C=O) groups is 5. The predicted molar refractivity (Wildman–Crippen MR) is 129 cm³/mol. The molecule has 0 aliphatic carbocycles. The molecular formula is C24H33N5O6. The third kappa shape index (κ3) is 12.8. The number of aliphatic imine (C=N–C) groups is 1. The molecule has 5 amide bonds. The van der Waals surface area contributed by atoms with Gasteiger partial charge in [-0.3, -0.25) is 29.2 Å². The molecule has 35 heavy (non-hydrogen) atoms. The highest BCUT2D eigenvalue weighted by Gasteiger charge is 2.20. The van der Waals surface area contributed by atoms with E-state index in [4.69, 9.17) is 0 Å². The maximum atomic E-state index is 12.2. The van der Waals surface area contributed by atoms with Crippen LogP contribution in [0.3, 0.4) is 0 Å². The third-order valence-electron chi connectivity index (χ3n) is 4.80. The second-order valence-electron chi connectivity index (χ2n) is 7.63. The van der Waals surface area contributed by atoms with E-state index in [-0.39, 0.29) is 38.4 Å². The number of carbonyl (C=O) groups excluding carboxylic acids is 5. The fourth-order valence-corrected chi connectivity index (χ4v) is 2.98. The van der Waals surface area contributed by atoms with Crippen molar-refractivity contribution in [2.45, 2.75) is 45.1 Å². The lowest BCUT2D eigenvalue weighted by atomic mass is 10.1. The molecule has 1 aromatic rings. The Kier molecular flexibility index (Phi) is 13.9. The first kappa shape index (κ1) is 29.2. The van der Waals surface area contributed by atoms with E-state index in [1.807, 2.05) is 30.3 Å². The molecular weight excluding hydrogens is 454 g/mol. The van der Waals surface area contributed by atoms with Crippen LogP contribution in [0.4, 0.5) is 0 Å². The molecule has 0 aliphatic heterocycles. The molecule has 0 aromatic heterocycles. The van der Waals surface area contributed by atoms with E-state index in [2.05, 4.69) is 27.7 Å². The van der Waals surface area contributed by atoms with Gasteiger partial charge in [0, 0.05) is 25.5 Å². The minimum Gasteiger partial charge on any atom is -0.347 e. The number of unbranched alkanes of at least 4 members (excludes halogenated alkanes) is 2. The molecule has 190 valence electrons. The van der Waals surface area contributed by atoms with Crippen molar-refractivity contribution < 1.29 is 29.2 Å². The van der Waals surface area contributed by atoms with Gasteiger partial charge in [-0.1, -0.05) is 42.8 Å². The molecule has 1 rings (SSSR count). The SMILES string of the molecule is C=NC(=O)[C@H](Cc1ccccc1)NC(=O)CNC(=O)CNC(=O)CCCCCN(O)C(=O)/C=C\C. The van der Waals surface area contributed by atoms with Gasteiger partial charge in [0.15, 0.2) is 0 Å². The summed E-state index contributed by atoms with van der Waals surface area (Å²) >= 11 is 0. The molecule has 4 N–H and O–H groups in total. The minimum atomic E-state index is -0.904. The standard InChI is InChI=1S/C24H33N5O6/c1-3-10-23(33)29(35)14-9-5-8-13-20(30)26-16-21(31)27-17-22(32)28-19(24(34)25-2)15-18-11-6-4-7-12-18/h3-4,6-7,10-12,19,35H,2,5,8-9,13-17H2,1H3,(H,26,30)(H,27,31)(H,28,32)/b10-3-/t19-/m0/s1. The van der Waals surface area contributed by atoms with Crippen LogP contribution in [0.5, 0.6) is 0 Å². The summed E-state index contributed by atoms with van der Waals surface area (Å²) in [5.41, 5.74) is 0.831. The van der Waals surface area contributed by atoms with Crippen LogP contribution in [0.1, 0.15) is 38.2 Å². The molecule has 1 atom stereocenters. The number of benzene rings is 1. The molecule has 0 heterocycles. The van der Waals surface area contributed by atoms with Gasteiger partial charge in [0.05, 0.1) is 13.1 Å². The molecule has 0 unspecified atom stereocenters. The maximum Gasteiger partial charge on any atom is 0.269 e. The molecule has 11 nitrogen and oxygen atoms in total. The lowest BCUT2D eigenvalue weighted by Gasteiger charge is -2.16. The van der Waals surface area contributed by atoms with Crippen molar-refractivity contribution in [2.24, 2.45) is 4.99 Å². The summed E-state index contributed by atoms with van der Waals surface area (Å²) in [4.78, 5) is 62.6.